The van der Waals surface area contributed by atoms with Crippen LogP contribution in [0.2, 0.25) is 0 Å². The second kappa shape index (κ2) is 6.21. The highest BCUT2D eigenvalue weighted by molar-refractivity contribution is 7.89. The number of hydrogen-bond donors (Lipinski definition) is 2. The molecule has 0 bridgehead atoms. The van der Waals surface area contributed by atoms with Crippen molar-refractivity contribution in [2.45, 2.75) is 38.1 Å². The summed E-state index contributed by atoms with van der Waals surface area (Å²) >= 11 is 0. The molecule has 110 valence electrons. The molecule has 8 heteroatoms. The first kappa shape index (κ1) is 14.8. The second-order valence-corrected chi connectivity index (χ2v) is 6.27. The molecule has 0 saturated carbocycles. The van der Waals surface area contributed by atoms with Crippen molar-refractivity contribution >= 4 is 10.0 Å². The Bertz CT molecular complexity index is 631. The standard InChI is InChI=1S/C12H17N3O4S/c1-9(2)13-8-11-3-4-12(19-11)20(16,17)14-7-10-5-6-18-15-10/h3-6,9,13-14H,7-8H2,1-2H3. The third kappa shape index (κ3) is 3.92. The first-order valence-corrected chi connectivity index (χ1v) is 7.67. The van der Waals surface area contributed by atoms with Gasteiger partial charge in [-0.3, -0.25) is 0 Å². The zero-order chi connectivity index (χ0) is 14.6. The van der Waals surface area contributed by atoms with Crippen LogP contribution in [-0.4, -0.2) is 19.6 Å². The average molecular weight is 299 g/mol. The Balaban J connectivity index is 1.98. The summed E-state index contributed by atoms with van der Waals surface area (Å²) in [6, 6.07) is 4.95. The molecule has 20 heavy (non-hydrogen) atoms. The molecule has 7 nitrogen and oxygen atoms in total. The Hall–Kier alpha value is -1.64. The topological polar surface area (TPSA) is 97.4 Å². The lowest BCUT2D eigenvalue weighted by Gasteiger charge is -2.05. The maximum atomic E-state index is 12.0. The van der Waals surface area contributed by atoms with Gasteiger partial charge in [-0.1, -0.05) is 19.0 Å². The molecule has 0 aliphatic carbocycles. The largest absolute Gasteiger partial charge is 0.447 e. The highest BCUT2D eigenvalue weighted by Crippen LogP contribution is 2.14. The van der Waals surface area contributed by atoms with Gasteiger partial charge in [0.15, 0.2) is 0 Å². The molecule has 0 atom stereocenters. The molecule has 0 aliphatic rings. The molecule has 2 aromatic rings. The zero-order valence-corrected chi connectivity index (χ0v) is 12.1. The van der Waals surface area contributed by atoms with Crippen LogP contribution < -0.4 is 10.0 Å². The van der Waals surface area contributed by atoms with Crippen molar-refractivity contribution in [3.8, 4) is 0 Å². The van der Waals surface area contributed by atoms with E-state index in [0.717, 1.165) is 0 Å². The maximum Gasteiger partial charge on any atom is 0.274 e. The minimum absolute atomic E-state index is 0.0547. The SMILES string of the molecule is CC(C)NCc1ccc(S(=O)(=O)NCc2ccon2)o1. The van der Waals surface area contributed by atoms with Crippen LogP contribution >= 0.6 is 0 Å². The number of sulfonamides is 1. The van der Waals surface area contributed by atoms with Crippen molar-refractivity contribution < 1.29 is 17.4 Å². The summed E-state index contributed by atoms with van der Waals surface area (Å²) in [5.41, 5.74) is 0.502. The Kier molecular flexibility index (Phi) is 4.58. The van der Waals surface area contributed by atoms with Crippen molar-refractivity contribution in [3.05, 3.63) is 35.9 Å². The summed E-state index contributed by atoms with van der Waals surface area (Å²) in [6.45, 7) is 4.54. The molecule has 0 amide bonds. The lowest BCUT2D eigenvalue weighted by atomic mass is 10.3. The van der Waals surface area contributed by atoms with Gasteiger partial charge >= 0.3 is 0 Å². The van der Waals surface area contributed by atoms with E-state index >= 15 is 0 Å². The Morgan fingerprint density at radius 3 is 2.70 bits per heavy atom. The molecule has 0 radical (unpaired) electrons. The van der Waals surface area contributed by atoms with Gasteiger partial charge < -0.3 is 14.3 Å². The van der Waals surface area contributed by atoms with E-state index in [2.05, 4.69) is 19.7 Å². The quantitative estimate of drug-likeness (QED) is 0.798. The summed E-state index contributed by atoms with van der Waals surface area (Å²) in [5.74, 6) is 0.570. The minimum atomic E-state index is -3.68. The Morgan fingerprint density at radius 1 is 1.25 bits per heavy atom. The van der Waals surface area contributed by atoms with Gasteiger partial charge in [0, 0.05) is 12.1 Å². The van der Waals surface area contributed by atoms with Crippen LogP contribution in [0.15, 0.2) is 38.5 Å². The Morgan fingerprint density at radius 2 is 2.05 bits per heavy atom. The first-order valence-electron chi connectivity index (χ1n) is 6.18. The van der Waals surface area contributed by atoms with Gasteiger partial charge in [-0.15, -0.1) is 0 Å². The van der Waals surface area contributed by atoms with E-state index in [9.17, 15) is 8.42 Å². The van der Waals surface area contributed by atoms with E-state index in [1.807, 2.05) is 13.8 Å². The fraction of sp³-hybridized carbons (Fsp3) is 0.417. The van der Waals surface area contributed by atoms with Crippen LogP contribution in [0.4, 0.5) is 0 Å². The molecule has 2 N–H and O–H groups in total. The predicted molar refractivity (Wildman–Crippen MR) is 71.2 cm³/mol. The fourth-order valence-electron chi connectivity index (χ4n) is 1.47. The molecule has 0 aliphatic heterocycles. The summed E-state index contributed by atoms with van der Waals surface area (Å²) in [7, 11) is -3.68. The molecule has 2 aromatic heterocycles. The average Bonchev–Trinajstić information content (AvgIpc) is 3.05. The Labute approximate surface area is 117 Å². The fourth-order valence-corrected chi connectivity index (χ4v) is 2.42. The van der Waals surface area contributed by atoms with Crippen molar-refractivity contribution in [2.75, 3.05) is 0 Å². The van der Waals surface area contributed by atoms with E-state index in [-0.39, 0.29) is 11.6 Å². The number of aromatic nitrogens is 1. The van der Waals surface area contributed by atoms with Crippen molar-refractivity contribution in [3.63, 3.8) is 0 Å². The maximum absolute atomic E-state index is 12.0. The van der Waals surface area contributed by atoms with E-state index in [1.54, 1.807) is 12.1 Å². The lowest BCUT2D eigenvalue weighted by Crippen LogP contribution is -2.23. The monoisotopic (exact) mass is 299 g/mol. The van der Waals surface area contributed by atoms with Gasteiger partial charge in [0.2, 0.25) is 5.09 Å². The molecule has 2 heterocycles. The van der Waals surface area contributed by atoms with Gasteiger partial charge in [-0.05, 0) is 12.1 Å². The first-order chi connectivity index (χ1) is 9.47. The third-order valence-electron chi connectivity index (χ3n) is 2.52. The minimum Gasteiger partial charge on any atom is -0.447 e. The predicted octanol–water partition coefficient (Wildman–Crippen LogP) is 1.24. The number of nitrogens with zero attached hydrogens (tertiary/aromatic N) is 1. The van der Waals surface area contributed by atoms with Crippen LogP contribution in [0.3, 0.4) is 0 Å². The lowest BCUT2D eigenvalue weighted by molar-refractivity contribution is 0.392. The molecule has 0 fully saturated rings. The third-order valence-corrected chi connectivity index (χ3v) is 3.79. The number of nitrogens with one attached hydrogen (secondary N) is 2. The van der Waals surface area contributed by atoms with E-state index in [1.165, 1.54) is 12.3 Å². The number of furan rings is 1. The van der Waals surface area contributed by atoms with Crippen LogP contribution in [0.1, 0.15) is 25.3 Å². The summed E-state index contributed by atoms with van der Waals surface area (Å²) < 4.78 is 36.3. The van der Waals surface area contributed by atoms with Crippen LogP contribution in [0.5, 0.6) is 0 Å². The van der Waals surface area contributed by atoms with Gasteiger partial charge in [0.05, 0.1) is 18.8 Å². The smallest absolute Gasteiger partial charge is 0.274 e. The zero-order valence-electron chi connectivity index (χ0n) is 11.3. The van der Waals surface area contributed by atoms with Gasteiger partial charge in [-0.25, -0.2) is 13.1 Å². The van der Waals surface area contributed by atoms with Crippen LogP contribution in [-0.2, 0) is 23.1 Å². The molecular weight excluding hydrogens is 282 g/mol. The van der Waals surface area contributed by atoms with Crippen LogP contribution in [0.25, 0.3) is 0 Å². The molecule has 2 rings (SSSR count). The van der Waals surface area contributed by atoms with Gasteiger partial charge in [-0.2, -0.15) is 0 Å². The van der Waals surface area contributed by atoms with Crippen molar-refractivity contribution in [2.24, 2.45) is 0 Å². The molecule has 0 spiro atoms. The highest BCUT2D eigenvalue weighted by atomic mass is 32.2. The van der Waals surface area contributed by atoms with E-state index in [4.69, 9.17) is 4.42 Å². The summed E-state index contributed by atoms with van der Waals surface area (Å²) in [6.07, 6.45) is 1.38. The number of hydrogen-bond acceptors (Lipinski definition) is 6. The second-order valence-electron chi connectivity index (χ2n) is 4.57. The van der Waals surface area contributed by atoms with Gasteiger partial charge in [0.25, 0.3) is 10.0 Å². The summed E-state index contributed by atoms with van der Waals surface area (Å²) in [5, 5.41) is 6.66. The molecular formula is C12H17N3O4S. The molecule has 0 saturated heterocycles. The molecule has 0 unspecified atom stereocenters. The van der Waals surface area contributed by atoms with Crippen molar-refractivity contribution in [1.82, 2.24) is 15.2 Å². The van der Waals surface area contributed by atoms with Gasteiger partial charge in [0.1, 0.15) is 12.0 Å². The van der Waals surface area contributed by atoms with E-state index in [0.29, 0.717) is 24.0 Å². The highest BCUT2D eigenvalue weighted by Gasteiger charge is 2.19. The molecule has 0 aromatic carbocycles. The van der Waals surface area contributed by atoms with Crippen molar-refractivity contribution in [1.29, 1.82) is 0 Å². The summed E-state index contributed by atoms with van der Waals surface area (Å²) in [4.78, 5) is 0. The van der Waals surface area contributed by atoms with E-state index < -0.39 is 10.0 Å². The number of rotatable bonds is 7. The van der Waals surface area contributed by atoms with Crippen LogP contribution in [0, 0.1) is 0 Å². The normalized spacial score (nSPS) is 12.2.